The fraction of sp³-hybridized carbons (Fsp3) is 0.423. The summed E-state index contributed by atoms with van der Waals surface area (Å²) in [5, 5.41) is 23.4. The number of unbranched alkanes of at least 4 members (excludes halogenated alkanes) is 1. The molecule has 0 fully saturated rings. The number of rotatable bonds is 12. The summed E-state index contributed by atoms with van der Waals surface area (Å²) >= 11 is 0. The minimum atomic E-state index is -0.732. The average Bonchev–Trinajstić information content (AvgIpc) is 3.41. The number of aliphatic hydroxyl groups is 1. The molecule has 1 aromatic heterocycles. The standard InChI is InChI=1S/C26H33N5O4/c1-4-5-10-23(33)31(24(18(2)3)26(34)35-16-15-32)17-19-11-13-20(14-12-19)21-8-6-7-9-22(21)25-27-29-30-28-25/h6-9,11-14,18,24,32H,4-5,10,15-17H2,1-3H3,(H,27,28,29,30)/t24-/m0/s1. The van der Waals surface area contributed by atoms with E-state index < -0.39 is 12.0 Å². The molecule has 186 valence electrons. The van der Waals surface area contributed by atoms with E-state index in [0.717, 1.165) is 35.1 Å². The molecule has 2 aromatic carbocycles. The van der Waals surface area contributed by atoms with E-state index in [1.165, 1.54) is 0 Å². The third-order valence-corrected chi connectivity index (χ3v) is 5.74. The Balaban J connectivity index is 1.87. The maximum Gasteiger partial charge on any atom is 0.329 e. The minimum Gasteiger partial charge on any atom is -0.462 e. The lowest BCUT2D eigenvalue weighted by atomic mass is 9.97. The summed E-state index contributed by atoms with van der Waals surface area (Å²) < 4.78 is 5.21. The topological polar surface area (TPSA) is 121 Å². The number of hydrogen-bond acceptors (Lipinski definition) is 7. The highest BCUT2D eigenvalue weighted by Crippen LogP contribution is 2.30. The minimum absolute atomic E-state index is 0.0852. The van der Waals surface area contributed by atoms with E-state index in [4.69, 9.17) is 9.84 Å². The van der Waals surface area contributed by atoms with Crippen molar-refractivity contribution in [2.24, 2.45) is 5.92 Å². The maximum absolute atomic E-state index is 13.1. The largest absolute Gasteiger partial charge is 0.462 e. The molecule has 0 aliphatic rings. The molecular weight excluding hydrogens is 446 g/mol. The summed E-state index contributed by atoms with van der Waals surface area (Å²) in [6.07, 6.45) is 2.00. The molecule has 9 heteroatoms. The number of hydrogen-bond donors (Lipinski definition) is 2. The van der Waals surface area contributed by atoms with Crippen molar-refractivity contribution in [1.29, 1.82) is 0 Å². The molecule has 0 unspecified atom stereocenters. The van der Waals surface area contributed by atoms with Crippen molar-refractivity contribution < 1.29 is 19.4 Å². The van der Waals surface area contributed by atoms with Gasteiger partial charge >= 0.3 is 5.97 Å². The Kier molecular flexibility index (Phi) is 9.48. The summed E-state index contributed by atoms with van der Waals surface area (Å²) in [6, 6.07) is 15.0. The van der Waals surface area contributed by atoms with Crippen LogP contribution in [0.25, 0.3) is 22.5 Å². The highest BCUT2D eigenvalue weighted by molar-refractivity contribution is 5.85. The number of nitrogens with zero attached hydrogens (tertiary/aromatic N) is 4. The van der Waals surface area contributed by atoms with Crippen molar-refractivity contribution in [1.82, 2.24) is 25.5 Å². The number of ether oxygens (including phenoxy) is 1. The second-order valence-electron chi connectivity index (χ2n) is 8.68. The number of H-pyrrole nitrogens is 1. The van der Waals surface area contributed by atoms with Gasteiger partial charge in [0.1, 0.15) is 12.6 Å². The van der Waals surface area contributed by atoms with Crippen LogP contribution in [0.1, 0.15) is 45.6 Å². The van der Waals surface area contributed by atoms with Crippen LogP contribution in [0.3, 0.4) is 0 Å². The molecule has 0 aliphatic carbocycles. The van der Waals surface area contributed by atoms with Crippen molar-refractivity contribution in [3.8, 4) is 22.5 Å². The van der Waals surface area contributed by atoms with Crippen molar-refractivity contribution >= 4 is 11.9 Å². The van der Waals surface area contributed by atoms with Crippen molar-refractivity contribution in [2.75, 3.05) is 13.2 Å². The van der Waals surface area contributed by atoms with Crippen molar-refractivity contribution in [3.05, 3.63) is 54.1 Å². The molecule has 0 radical (unpaired) electrons. The van der Waals surface area contributed by atoms with Crippen LogP contribution in [0.15, 0.2) is 48.5 Å². The van der Waals surface area contributed by atoms with Gasteiger partial charge in [-0.15, -0.1) is 10.2 Å². The van der Waals surface area contributed by atoms with Crippen LogP contribution in [0.5, 0.6) is 0 Å². The fourth-order valence-corrected chi connectivity index (χ4v) is 4.00. The first kappa shape index (κ1) is 26.0. The van der Waals surface area contributed by atoms with Crippen molar-refractivity contribution in [3.63, 3.8) is 0 Å². The monoisotopic (exact) mass is 479 g/mol. The summed E-state index contributed by atoms with van der Waals surface area (Å²) in [5.74, 6) is -0.214. The van der Waals surface area contributed by atoms with E-state index in [1.54, 1.807) is 4.90 Å². The number of carbonyl (C=O) groups is 2. The number of carbonyl (C=O) groups excluding carboxylic acids is 2. The van der Waals surface area contributed by atoms with Crippen LogP contribution in [0.4, 0.5) is 0 Å². The van der Waals surface area contributed by atoms with Gasteiger partial charge in [0.05, 0.1) is 6.61 Å². The van der Waals surface area contributed by atoms with Gasteiger partial charge in [-0.3, -0.25) is 4.79 Å². The SMILES string of the molecule is CCCCC(=O)N(Cc1ccc(-c2ccccc2-c2nn[nH]n2)cc1)[C@H](C(=O)OCCO)C(C)C. The Labute approximate surface area is 205 Å². The molecule has 0 aliphatic heterocycles. The Hall–Kier alpha value is -3.59. The summed E-state index contributed by atoms with van der Waals surface area (Å²) in [4.78, 5) is 27.6. The number of nitrogens with one attached hydrogen (secondary N) is 1. The molecule has 0 bridgehead atoms. The van der Waals surface area contributed by atoms with Gasteiger partial charge in [0.15, 0.2) is 0 Å². The Morgan fingerprint density at radius 2 is 1.80 bits per heavy atom. The van der Waals surface area contributed by atoms with E-state index in [9.17, 15) is 9.59 Å². The fourth-order valence-electron chi connectivity index (χ4n) is 4.00. The molecule has 0 spiro atoms. The first-order valence-corrected chi connectivity index (χ1v) is 11.9. The van der Waals surface area contributed by atoms with Gasteiger partial charge in [-0.25, -0.2) is 4.79 Å². The lowest BCUT2D eigenvalue weighted by Crippen LogP contribution is -2.48. The second-order valence-corrected chi connectivity index (χ2v) is 8.68. The molecule has 1 heterocycles. The summed E-state index contributed by atoms with van der Waals surface area (Å²) in [7, 11) is 0. The third-order valence-electron chi connectivity index (χ3n) is 5.74. The smallest absolute Gasteiger partial charge is 0.329 e. The van der Waals surface area contributed by atoms with Crippen LogP contribution in [-0.2, 0) is 20.9 Å². The zero-order valence-electron chi connectivity index (χ0n) is 20.5. The number of benzene rings is 2. The first-order valence-electron chi connectivity index (χ1n) is 11.9. The zero-order chi connectivity index (χ0) is 25.2. The number of tetrazole rings is 1. The van der Waals surface area contributed by atoms with E-state index in [-0.39, 0.29) is 31.6 Å². The van der Waals surface area contributed by atoms with Gasteiger partial charge in [0, 0.05) is 18.5 Å². The quantitative estimate of drug-likeness (QED) is 0.381. The van der Waals surface area contributed by atoms with Crippen LogP contribution >= 0.6 is 0 Å². The Bertz CT molecular complexity index is 1080. The number of esters is 1. The van der Waals surface area contributed by atoms with E-state index in [1.807, 2.05) is 69.3 Å². The van der Waals surface area contributed by atoms with Crippen LogP contribution in [0, 0.1) is 5.92 Å². The van der Waals surface area contributed by atoms with Crippen LogP contribution in [-0.4, -0.2) is 61.8 Å². The van der Waals surface area contributed by atoms with Gasteiger partial charge < -0.3 is 14.7 Å². The number of amides is 1. The number of aromatic amines is 1. The zero-order valence-corrected chi connectivity index (χ0v) is 20.5. The maximum atomic E-state index is 13.1. The molecule has 3 aromatic rings. The summed E-state index contributed by atoms with van der Waals surface area (Å²) in [5.41, 5.74) is 3.69. The average molecular weight is 480 g/mol. The summed E-state index contributed by atoms with van der Waals surface area (Å²) in [6.45, 7) is 5.75. The van der Waals surface area contributed by atoms with Crippen LogP contribution in [0.2, 0.25) is 0 Å². The van der Waals surface area contributed by atoms with Crippen molar-refractivity contribution in [2.45, 2.75) is 52.6 Å². The van der Waals surface area contributed by atoms with E-state index >= 15 is 0 Å². The van der Waals surface area contributed by atoms with E-state index in [2.05, 4.69) is 20.6 Å². The highest BCUT2D eigenvalue weighted by atomic mass is 16.5. The first-order chi connectivity index (χ1) is 17.0. The Morgan fingerprint density at radius 1 is 1.09 bits per heavy atom. The molecule has 35 heavy (non-hydrogen) atoms. The normalized spacial score (nSPS) is 11.9. The third kappa shape index (κ3) is 6.73. The van der Waals surface area contributed by atoms with E-state index in [0.29, 0.717) is 12.2 Å². The molecule has 3 rings (SSSR count). The predicted molar refractivity (Wildman–Crippen MR) is 132 cm³/mol. The second kappa shape index (κ2) is 12.8. The molecule has 0 saturated heterocycles. The van der Waals surface area contributed by atoms with Gasteiger partial charge in [-0.05, 0) is 34.2 Å². The number of aromatic nitrogens is 4. The lowest BCUT2D eigenvalue weighted by molar-refractivity contribution is -0.158. The van der Waals surface area contributed by atoms with Crippen LogP contribution < -0.4 is 0 Å². The van der Waals surface area contributed by atoms with Gasteiger partial charge in [-0.2, -0.15) is 5.21 Å². The molecule has 2 N–H and O–H groups in total. The predicted octanol–water partition coefficient (Wildman–Crippen LogP) is 3.61. The van der Waals surface area contributed by atoms with Gasteiger partial charge in [0.2, 0.25) is 11.7 Å². The molecule has 0 saturated carbocycles. The lowest BCUT2D eigenvalue weighted by Gasteiger charge is -2.33. The highest BCUT2D eigenvalue weighted by Gasteiger charge is 2.33. The molecular formula is C26H33N5O4. The number of aliphatic hydroxyl groups excluding tert-OH is 1. The molecule has 1 amide bonds. The Morgan fingerprint density at radius 3 is 2.40 bits per heavy atom. The molecule has 9 nitrogen and oxygen atoms in total. The van der Waals surface area contributed by atoms with Gasteiger partial charge in [-0.1, -0.05) is 75.7 Å². The van der Waals surface area contributed by atoms with Gasteiger partial charge in [0.25, 0.3) is 0 Å². The molecule has 1 atom stereocenters.